The molecule has 0 bridgehead atoms. The highest BCUT2D eigenvalue weighted by Crippen LogP contribution is 2.12. The third-order valence-corrected chi connectivity index (χ3v) is 4.14. The van der Waals surface area contributed by atoms with Crippen LogP contribution in [0.5, 0.6) is 0 Å². The number of carbonyl (C=O) groups is 4. The van der Waals surface area contributed by atoms with Crippen molar-refractivity contribution in [2.45, 2.75) is 12.8 Å². The highest BCUT2D eigenvalue weighted by atomic mass is 16.2. The Hall–Kier alpha value is -3.80. The zero-order valence-electron chi connectivity index (χ0n) is 15.0. The molecule has 140 valence electrons. The largest absolute Gasteiger partial charge is 0.289 e. The molecule has 2 aromatic rings. The molecule has 0 aliphatic carbocycles. The average molecular weight is 374 g/mol. The second kappa shape index (κ2) is 8.73. The molecule has 6 heteroatoms. The highest BCUT2D eigenvalue weighted by Gasteiger charge is 2.21. The first-order valence-electron chi connectivity index (χ1n) is 8.71. The van der Waals surface area contributed by atoms with Crippen LogP contribution in [0.2, 0.25) is 0 Å². The van der Waals surface area contributed by atoms with Gasteiger partial charge in [0.1, 0.15) is 0 Å². The van der Waals surface area contributed by atoms with Crippen molar-refractivity contribution >= 4 is 23.6 Å². The van der Waals surface area contributed by atoms with Crippen molar-refractivity contribution in [3.63, 3.8) is 0 Å². The zero-order chi connectivity index (χ0) is 19.9. The summed E-state index contributed by atoms with van der Waals surface area (Å²) in [5.41, 5.74) is 3.12. The van der Waals surface area contributed by atoms with Crippen LogP contribution in [0.4, 0.5) is 0 Å². The molecule has 2 heterocycles. The van der Waals surface area contributed by atoms with Gasteiger partial charge in [0.2, 0.25) is 0 Å². The zero-order valence-corrected chi connectivity index (χ0v) is 15.0. The van der Waals surface area contributed by atoms with Crippen molar-refractivity contribution < 1.29 is 19.2 Å². The van der Waals surface area contributed by atoms with Crippen LogP contribution in [0.3, 0.4) is 0 Å². The summed E-state index contributed by atoms with van der Waals surface area (Å²) >= 11 is 0. The van der Waals surface area contributed by atoms with Gasteiger partial charge in [-0.15, -0.1) is 0 Å². The van der Waals surface area contributed by atoms with Crippen molar-refractivity contribution in [1.82, 2.24) is 10.6 Å². The van der Waals surface area contributed by atoms with Gasteiger partial charge in [0.25, 0.3) is 23.6 Å². The molecule has 0 saturated carbocycles. The number of amides is 4. The molecule has 0 fully saturated rings. The van der Waals surface area contributed by atoms with Crippen molar-refractivity contribution in [2.75, 3.05) is 0 Å². The smallest absolute Gasteiger partial charge is 0.254 e. The minimum atomic E-state index is -0.319. The molecular weight excluding hydrogens is 356 g/mol. The molecule has 28 heavy (non-hydrogen) atoms. The van der Waals surface area contributed by atoms with Gasteiger partial charge in [0.15, 0.2) is 0 Å². The maximum atomic E-state index is 11.2. The van der Waals surface area contributed by atoms with Crippen LogP contribution in [-0.4, -0.2) is 23.6 Å². The summed E-state index contributed by atoms with van der Waals surface area (Å²) < 4.78 is 0. The monoisotopic (exact) mass is 374 g/mol. The van der Waals surface area contributed by atoms with Crippen LogP contribution < -0.4 is 10.6 Å². The Morgan fingerprint density at radius 3 is 1.18 bits per heavy atom. The first kappa shape index (κ1) is 19.0. The molecular formula is C22H18N2O4. The van der Waals surface area contributed by atoms with Gasteiger partial charge in [-0.25, -0.2) is 0 Å². The van der Waals surface area contributed by atoms with Crippen molar-refractivity contribution in [3.05, 3.63) is 95.1 Å². The van der Waals surface area contributed by atoms with Crippen molar-refractivity contribution in [2.24, 2.45) is 0 Å². The summed E-state index contributed by atoms with van der Waals surface area (Å²) in [4.78, 5) is 44.1. The lowest BCUT2D eigenvalue weighted by molar-refractivity contribution is -0.125. The van der Waals surface area contributed by atoms with E-state index in [0.29, 0.717) is 24.0 Å². The Labute approximate surface area is 161 Å². The van der Waals surface area contributed by atoms with Gasteiger partial charge in [-0.2, -0.15) is 0 Å². The van der Waals surface area contributed by atoms with E-state index in [1.165, 1.54) is 12.2 Å². The standard InChI is InChI=1S/2C11H9NO2/c2*13-10-7-9(11(14)12-10)6-8-4-2-1-3-5-8/h2*1-5,7H,6H2,(H,12,13,14). The third-order valence-electron chi connectivity index (χ3n) is 4.14. The second-order valence-electron chi connectivity index (χ2n) is 6.30. The Balaban J connectivity index is 0.000000161. The second-order valence-corrected chi connectivity index (χ2v) is 6.30. The van der Waals surface area contributed by atoms with E-state index < -0.39 is 0 Å². The molecule has 2 aliphatic rings. The fourth-order valence-corrected chi connectivity index (χ4v) is 2.80. The predicted molar refractivity (Wildman–Crippen MR) is 103 cm³/mol. The normalized spacial score (nSPS) is 15.3. The van der Waals surface area contributed by atoms with E-state index in [1.54, 1.807) is 0 Å². The van der Waals surface area contributed by atoms with Gasteiger partial charge in [-0.3, -0.25) is 29.8 Å². The van der Waals surface area contributed by atoms with E-state index in [0.717, 1.165) is 11.1 Å². The third kappa shape index (κ3) is 5.11. The van der Waals surface area contributed by atoms with E-state index in [4.69, 9.17) is 0 Å². The molecule has 6 nitrogen and oxygen atoms in total. The Kier molecular flexibility index (Phi) is 5.91. The molecule has 0 spiro atoms. The molecule has 2 N–H and O–H groups in total. The van der Waals surface area contributed by atoms with E-state index in [-0.39, 0.29) is 23.6 Å². The van der Waals surface area contributed by atoms with Gasteiger partial charge >= 0.3 is 0 Å². The van der Waals surface area contributed by atoms with E-state index in [2.05, 4.69) is 10.6 Å². The summed E-state index contributed by atoms with van der Waals surface area (Å²) in [5, 5.41) is 4.43. The summed E-state index contributed by atoms with van der Waals surface area (Å²) in [7, 11) is 0. The summed E-state index contributed by atoms with van der Waals surface area (Å²) in [6, 6.07) is 19.2. The highest BCUT2D eigenvalue weighted by molar-refractivity contribution is 6.17. The fraction of sp³-hybridized carbons (Fsp3) is 0.0909. The van der Waals surface area contributed by atoms with E-state index in [9.17, 15) is 19.2 Å². The molecule has 4 rings (SSSR count). The molecule has 0 radical (unpaired) electrons. The topological polar surface area (TPSA) is 92.3 Å². The van der Waals surface area contributed by atoms with E-state index in [1.807, 2.05) is 60.7 Å². The molecule has 0 atom stereocenters. The lowest BCUT2D eigenvalue weighted by Crippen LogP contribution is -2.22. The van der Waals surface area contributed by atoms with Gasteiger partial charge in [-0.05, 0) is 11.1 Å². The predicted octanol–water partition coefficient (Wildman–Crippen LogP) is 1.62. The minimum absolute atomic E-state index is 0.279. The van der Waals surface area contributed by atoms with Crippen molar-refractivity contribution in [1.29, 1.82) is 0 Å². The lowest BCUT2D eigenvalue weighted by Gasteiger charge is -1.99. The Bertz CT molecular complexity index is 895. The SMILES string of the molecule is O=C1C=C(Cc2ccccc2)C(=O)N1.O=C1C=C(Cc2ccccc2)C(=O)N1. The van der Waals surface area contributed by atoms with Gasteiger partial charge in [0, 0.05) is 36.1 Å². The number of nitrogens with one attached hydrogen (secondary N) is 2. The Morgan fingerprint density at radius 1 is 0.536 bits per heavy atom. The van der Waals surface area contributed by atoms with Crippen LogP contribution >= 0.6 is 0 Å². The van der Waals surface area contributed by atoms with Crippen LogP contribution in [0.25, 0.3) is 0 Å². The first-order valence-corrected chi connectivity index (χ1v) is 8.71. The van der Waals surface area contributed by atoms with Crippen LogP contribution in [0.1, 0.15) is 11.1 Å². The van der Waals surface area contributed by atoms with Crippen molar-refractivity contribution in [3.8, 4) is 0 Å². The van der Waals surface area contributed by atoms with Gasteiger partial charge in [-0.1, -0.05) is 60.7 Å². The number of hydrogen-bond acceptors (Lipinski definition) is 4. The van der Waals surface area contributed by atoms with Gasteiger partial charge in [0.05, 0.1) is 0 Å². The summed E-state index contributed by atoms with van der Waals surface area (Å²) in [5.74, 6) is -1.19. The quantitative estimate of drug-likeness (QED) is 0.796. The number of imide groups is 2. The summed E-state index contributed by atoms with van der Waals surface area (Å²) in [6.45, 7) is 0. The van der Waals surface area contributed by atoms with E-state index >= 15 is 0 Å². The Morgan fingerprint density at radius 2 is 0.893 bits per heavy atom. The molecule has 2 aliphatic heterocycles. The number of carbonyl (C=O) groups excluding carboxylic acids is 4. The maximum Gasteiger partial charge on any atom is 0.254 e. The number of hydrogen-bond donors (Lipinski definition) is 2. The van der Waals surface area contributed by atoms with Crippen LogP contribution in [0.15, 0.2) is 84.0 Å². The maximum absolute atomic E-state index is 11.2. The average Bonchev–Trinajstić information content (AvgIpc) is 3.17. The lowest BCUT2D eigenvalue weighted by atomic mass is 10.1. The number of rotatable bonds is 4. The van der Waals surface area contributed by atoms with Crippen LogP contribution in [-0.2, 0) is 32.0 Å². The molecule has 4 amide bonds. The fourth-order valence-electron chi connectivity index (χ4n) is 2.80. The molecule has 0 aromatic heterocycles. The van der Waals surface area contributed by atoms with Gasteiger partial charge < -0.3 is 0 Å². The first-order chi connectivity index (χ1) is 13.5. The molecule has 0 unspecified atom stereocenters. The number of benzene rings is 2. The molecule has 2 aromatic carbocycles. The molecule has 0 saturated heterocycles. The minimum Gasteiger partial charge on any atom is -0.289 e. The summed E-state index contributed by atoms with van der Waals surface area (Å²) in [6.07, 6.45) is 3.74. The van der Waals surface area contributed by atoms with Crippen LogP contribution in [0, 0.1) is 0 Å².